The highest BCUT2D eigenvalue weighted by Gasteiger charge is 2.34. The summed E-state index contributed by atoms with van der Waals surface area (Å²) < 4.78 is 37.2. The van der Waals surface area contributed by atoms with Gasteiger partial charge < -0.3 is 10.8 Å². The number of halogens is 4. The Hall–Kier alpha value is -0.850. The summed E-state index contributed by atoms with van der Waals surface area (Å²) in [6.07, 6.45) is -3.89. The molecule has 1 atom stereocenters. The van der Waals surface area contributed by atoms with Crippen LogP contribution in [0, 0.1) is 0 Å². The van der Waals surface area contributed by atoms with Gasteiger partial charge in [-0.15, -0.1) is 0 Å². The van der Waals surface area contributed by atoms with Gasteiger partial charge in [0.05, 0.1) is 17.7 Å². The Morgan fingerprint density at radius 2 is 2.06 bits per heavy atom. The minimum atomic E-state index is -4.52. The highest BCUT2D eigenvalue weighted by Crippen LogP contribution is 2.33. The lowest BCUT2D eigenvalue weighted by Crippen LogP contribution is -2.37. The Morgan fingerprint density at radius 1 is 1.50 bits per heavy atom. The van der Waals surface area contributed by atoms with E-state index in [9.17, 15) is 13.2 Å². The van der Waals surface area contributed by atoms with E-state index in [1.165, 1.54) is 6.92 Å². The van der Waals surface area contributed by atoms with Gasteiger partial charge in [0.1, 0.15) is 5.15 Å². The second kappa shape index (κ2) is 4.20. The molecule has 0 radical (unpaired) electrons. The van der Waals surface area contributed by atoms with Crippen LogP contribution in [0.4, 0.5) is 13.2 Å². The van der Waals surface area contributed by atoms with Gasteiger partial charge in [-0.05, 0) is 13.0 Å². The molecule has 1 aromatic rings. The zero-order valence-corrected chi connectivity index (χ0v) is 9.10. The fourth-order valence-electron chi connectivity index (χ4n) is 1.09. The number of nitrogens with zero attached hydrogens (tertiary/aromatic N) is 1. The van der Waals surface area contributed by atoms with Crippen molar-refractivity contribution in [1.29, 1.82) is 0 Å². The molecule has 0 amide bonds. The number of rotatable bonds is 2. The third kappa shape index (κ3) is 2.63. The van der Waals surface area contributed by atoms with Crippen LogP contribution in [0.1, 0.15) is 18.1 Å². The number of hydrogen-bond donors (Lipinski definition) is 2. The summed E-state index contributed by atoms with van der Waals surface area (Å²) in [4.78, 5) is 3.41. The summed E-state index contributed by atoms with van der Waals surface area (Å²) in [5, 5.41) is 8.83. The van der Waals surface area contributed by atoms with E-state index in [0.717, 1.165) is 6.07 Å². The predicted molar refractivity (Wildman–Crippen MR) is 52.9 cm³/mol. The number of alkyl halides is 3. The third-order valence-corrected chi connectivity index (χ3v) is 2.41. The van der Waals surface area contributed by atoms with E-state index in [-0.39, 0.29) is 10.7 Å². The minimum Gasteiger partial charge on any atom is -0.394 e. The first kappa shape index (κ1) is 13.2. The van der Waals surface area contributed by atoms with Gasteiger partial charge in [0.2, 0.25) is 0 Å². The zero-order chi connectivity index (χ0) is 12.6. The summed E-state index contributed by atoms with van der Waals surface area (Å²) in [7, 11) is 0. The van der Waals surface area contributed by atoms with Gasteiger partial charge in [-0.3, -0.25) is 0 Å². The predicted octanol–water partition coefficient (Wildman–Crippen LogP) is 1.92. The van der Waals surface area contributed by atoms with Crippen LogP contribution in [0.3, 0.4) is 0 Å². The average Bonchev–Trinajstić information content (AvgIpc) is 2.16. The molecule has 0 bridgehead atoms. The molecule has 1 rings (SSSR count). The maximum absolute atomic E-state index is 12.4. The van der Waals surface area contributed by atoms with E-state index in [0.29, 0.717) is 6.20 Å². The molecule has 0 fully saturated rings. The van der Waals surface area contributed by atoms with Crippen LogP contribution in [0.15, 0.2) is 12.3 Å². The molecule has 0 spiro atoms. The first-order chi connectivity index (χ1) is 7.18. The third-order valence-electron chi connectivity index (χ3n) is 2.11. The standard InChI is InChI=1S/C9H10ClF3N2O/c1-8(14,4-16)6-2-5(9(11,12)13)3-15-7(6)10/h2-3,16H,4,14H2,1H3. The van der Waals surface area contributed by atoms with Crippen LogP contribution in [0.2, 0.25) is 5.15 Å². The van der Waals surface area contributed by atoms with E-state index in [1.54, 1.807) is 0 Å². The molecule has 0 saturated carbocycles. The van der Waals surface area contributed by atoms with Crippen molar-refractivity contribution in [1.82, 2.24) is 4.98 Å². The maximum Gasteiger partial charge on any atom is 0.417 e. The number of pyridine rings is 1. The smallest absolute Gasteiger partial charge is 0.394 e. The van der Waals surface area contributed by atoms with E-state index in [4.69, 9.17) is 22.4 Å². The molecule has 1 aromatic heterocycles. The number of aliphatic hydroxyl groups excluding tert-OH is 1. The van der Waals surface area contributed by atoms with Crippen LogP contribution >= 0.6 is 11.6 Å². The first-order valence-corrected chi connectivity index (χ1v) is 4.69. The molecule has 0 aliphatic heterocycles. The van der Waals surface area contributed by atoms with Crippen molar-refractivity contribution in [2.24, 2.45) is 5.73 Å². The van der Waals surface area contributed by atoms with Gasteiger partial charge in [-0.2, -0.15) is 13.2 Å². The summed E-state index contributed by atoms with van der Waals surface area (Å²) >= 11 is 5.64. The minimum absolute atomic E-state index is 0.0357. The second-order valence-electron chi connectivity index (χ2n) is 3.64. The Kier molecular flexibility index (Phi) is 3.47. The van der Waals surface area contributed by atoms with Crippen molar-refractivity contribution in [3.05, 3.63) is 28.5 Å². The number of nitrogens with two attached hydrogens (primary N) is 1. The molecule has 0 aliphatic carbocycles. The van der Waals surface area contributed by atoms with Gasteiger partial charge in [0.15, 0.2) is 0 Å². The van der Waals surface area contributed by atoms with Crippen LogP contribution in [-0.2, 0) is 11.7 Å². The number of aliphatic hydroxyl groups is 1. The molecule has 1 heterocycles. The quantitative estimate of drug-likeness (QED) is 0.793. The van der Waals surface area contributed by atoms with Crippen molar-refractivity contribution in [2.45, 2.75) is 18.6 Å². The highest BCUT2D eigenvalue weighted by molar-refractivity contribution is 6.30. The lowest BCUT2D eigenvalue weighted by Gasteiger charge is -2.23. The van der Waals surface area contributed by atoms with E-state index in [1.807, 2.05) is 0 Å². The molecule has 1 unspecified atom stereocenters. The Bertz CT molecular complexity index is 393. The zero-order valence-electron chi connectivity index (χ0n) is 8.35. The molecule has 0 aromatic carbocycles. The van der Waals surface area contributed by atoms with Crippen LogP contribution in [0.5, 0.6) is 0 Å². The van der Waals surface area contributed by atoms with Crippen LogP contribution < -0.4 is 5.73 Å². The lowest BCUT2D eigenvalue weighted by molar-refractivity contribution is -0.137. The molecule has 0 saturated heterocycles. The van der Waals surface area contributed by atoms with Gasteiger partial charge in [0.25, 0.3) is 0 Å². The van der Waals surface area contributed by atoms with E-state index < -0.39 is 23.9 Å². The van der Waals surface area contributed by atoms with Gasteiger partial charge >= 0.3 is 6.18 Å². The normalized spacial score (nSPS) is 15.9. The number of aromatic nitrogens is 1. The second-order valence-corrected chi connectivity index (χ2v) is 3.99. The van der Waals surface area contributed by atoms with Crippen molar-refractivity contribution in [2.75, 3.05) is 6.61 Å². The molecule has 16 heavy (non-hydrogen) atoms. The largest absolute Gasteiger partial charge is 0.417 e. The Morgan fingerprint density at radius 3 is 2.50 bits per heavy atom. The molecule has 7 heteroatoms. The topological polar surface area (TPSA) is 59.1 Å². The Balaban J connectivity index is 3.30. The van der Waals surface area contributed by atoms with Crippen molar-refractivity contribution < 1.29 is 18.3 Å². The molecule has 90 valence electrons. The lowest BCUT2D eigenvalue weighted by atomic mass is 9.94. The monoisotopic (exact) mass is 254 g/mol. The molecule has 0 aliphatic rings. The SMILES string of the molecule is CC(N)(CO)c1cc(C(F)(F)F)cnc1Cl. The average molecular weight is 255 g/mol. The van der Waals surface area contributed by atoms with Gasteiger partial charge in [-0.1, -0.05) is 11.6 Å². The number of hydrogen-bond acceptors (Lipinski definition) is 3. The van der Waals surface area contributed by atoms with Crippen LogP contribution in [-0.4, -0.2) is 16.7 Å². The van der Waals surface area contributed by atoms with E-state index in [2.05, 4.69) is 4.98 Å². The highest BCUT2D eigenvalue weighted by atomic mass is 35.5. The fourth-order valence-corrected chi connectivity index (χ4v) is 1.41. The van der Waals surface area contributed by atoms with E-state index >= 15 is 0 Å². The summed E-state index contributed by atoms with van der Waals surface area (Å²) in [5.74, 6) is 0. The Labute approximate surface area is 95.0 Å². The first-order valence-electron chi connectivity index (χ1n) is 4.31. The van der Waals surface area contributed by atoms with Crippen LogP contribution in [0.25, 0.3) is 0 Å². The summed E-state index contributed by atoms with van der Waals surface area (Å²) in [5.41, 5.74) is 3.27. The molecular weight excluding hydrogens is 245 g/mol. The summed E-state index contributed by atoms with van der Waals surface area (Å²) in [6.45, 7) is 0.839. The fraction of sp³-hybridized carbons (Fsp3) is 0.444. The summed E-state index contributed by atoms with van der Waals surface area (Å²) in [6, 6.07) is 0.797. The van der Waals surface area contributed by atoms with Crippen molar-refractivity contribution >= 4 is 11.6 Å². The maximum atomic E-state index is 12.4. The molecule has 3 N–H and O–H groups in total. The van der Waals surface area contributed by atoms with Gasteiger partial charge in [0, 0.05) is 11.8 Å². The van der Waals surface area contributed by atoms with Gasteiger partial charge in [-0.25, -0.2) is 4.98 Å². The van der Waals surface area contributed by atoms with Crippen molar-refractivity contribution in [3.63, 3.8) is 0 Å². The molecular formula is C9H10ClF3N2O. The van der Waals surface area contributed by atoms with Crippen molar-refractivity contribution in [3.8, 4) is 0 Å². The molecule has 3 nitrogen and oxygen atoms in total.